The van der Waals surface area contributed by atoms with Crippen LogP contribution in [0.2, 0.25) is 0 Å². The minimum Gasteiger partial charge on any atom is -0.392 e. The van der Waals surface area contributed by atoms with E-state index >= 15 is 0 Å². The van der Waals surface area contributed by atoms with Crippen molar-refractivity contribution in [2.24, 2.45) is 5.41 Å². The molecule has 18 heavy (non-hydrogen) atoms. The zero-order chi connectivity index (χ0) is 13.2. The second-order valence-electron chi connectivity index (χ2n) is 5.71. The molecular formula is C14H23N3O. The third kappa shape index (κ3) is 2.99. The zero-order valence-corrected chi connectivity index (χ0v) is 11.5. The van der Waals surface area contributed by atoms with Crippen LogP contribution < -0.4 is 5.32 Å². The molecule has 1 aromatic heterocycles. The summed E-state index contributed by atoms with van der Waals surface area (Å²) in [5, 5.41) is 13.5. The van der Waals surface area contributed by atoms with Gasteiger partial charge in [-0.2, -0.15) is 0 Å². The van der Waals surface area contributed by atoms with E-state index < -0.39 is 0 Å². The average molecular weight is 249 g/mol. The normalized spacial score (nSPS) is 28.1. The van der Waals surface area contributed by atoms with Crippen LogP contribution in [0, 0.1) is 19.3 Å². The van der Waals surface area contributed by atoms with Crippen molar-refractivity contribution in [2.75, 3.05) is 11.9 Å². The summed E-state index contributed by atoms with van der Waals surface area (Å²) in [4.78, 5) is 8.63. The highest BCUT2D eigenvalue weighted by atomic mass is 16.3. The van der Waals surface area contributed by atoms with Gasteiger partial charge in [0.2, 0.25) is 0 Å². The maximum atomic E-state index is 10.1. The van der Waals surface area contributed by atoms with Crippen LogP contribution >= 0.6 is 0 Å². The third-order valence-electron chi connectivity index (χ3n) is 3.92. The molecule has 2 rings (SSSR count). The first kappa shape index (κ1) is 13.3. The predicted molar refractivity (Wildman–Crippen MR) is 72.6 cm³/mol. The Morgan fingerprint density at radius 2 is 2.17 bits per heavy atom. The van der Waals surface area contributed by atoms with Gasteiger partial charge in [-0.15, -0.1) is 0 Å². The number of aliphatic hydroxyl groups is 1. The molecule has 2 unspecified atom stereocenters. The summed E-state index contributed by atoms with van der Waals surface area (Å²) in [6, 6.07) is 1.95. The van der Waals surface area contributed by atoms with Crippen molar-refractivity contribution >= 4 is 5.82 Å². The fraction of sp³-hybridized carbons (Fsp3) is 0.714. The molecule has 0 saturated heterocycles. The zero-order valence-electron chi connectivity index (χ0n) is 11.5. The molecule has 0 bridgehead atoms. The highest BCUT2D eigenvalue weighted by molar-refractivity contribution is 5.36. The van der Waals surface area contributed by atoms with E-state index in [4.69, 9.17) is 0 Å². The van der Waals surface area contributed by atoms with Gasteiger partial charge in [-0.1, -0.05) is 19.8 Å². The molecule has 4 nitrogen and oxygen atoms in total. The van der Waals surface area contributed by atoms with Crippen molar-refractivity contribution in [3.05, 3.63) is 17.6 Å². The van der Waals surface area contributed by atoms with E-state index in [2.05, 4.69) is 22.2 Å². The van der Waals surface area contributed by atoms with Gasteiger partial charge in [-0.3, -0.25) is 0 Å². The van der Waals surface area contributed by atoms with Crippen LogP contribution in [0.1, 0.15) is 44.1 Å². The maximum Gasteiger partial charge on any atom is 0.129 e. The Bertz CT molecular complexity index is 401. The maximum absolute atomic E-state index is 10.1. The lowest BCUT2D eigenvalue weighted by Crippen LogP contribution is -2.41. The van der Waals surface area contributed by atoms with Gasteiger partial charge in [0.15, 0.2) is 0 Å². The first-order valence-electron chi connectivity index (χ1n) is 6.74. The smallest absolute Gasteiger partial charge is 0.129 e. The number of hydrogen-bond acceptors (Lipinski definition) is 4. The second kappa shape index (κ2) is 5.22. The molecule has 1 aliphatic rings. The Hall–Kier alpha value is -1.16. The topological polar surface area (TPSA) is 58.0 Å². The average Bonchev–Trinajstić information content (AvgIpc) is 2.30. The number of aromatic nitrogens is 2. The van der Waals surface area contributed by atoms with Crippen molar-refractivity contribution in [3.8, 4) is 0 Å². The summed E-state index contributed by atoms with van der Waals surface area (Å²) in [5.74, 6) is 1.64. The fourth-order valence-corrected chi connectivity index (χ4v) is 2.69. The van der Waals surface area contributed by atoms with E-state index in [0.29, 0.717) is 0 Å². The van der Waals surface area contributed by atoms with E-state index in [1.54, 1.807) is 0 Å². The van der Waals surface area contributed by atoms with Crippen molar-refractivity contribution in [1.82, 2.24) is 9.97 Å². The Labute approximate surface area is 109 Å². The van der Waals surface area contributed by atoms with Gasteiger partial charge >= 0.3 is 0 Å². The Morgan fingerprint density at radius 1 is 1.39 bits per heavy atom. The minimum atomic E-state index is -0.206. The monoisotopic (exact) mass is 249 g/mol. The first-order valence-corrected chi connectivity index (χ1v) is 6.74. The largest absolute Gasteiger partial charge is 0.392 e. The summed E-state index contributed by atoms with van der Waals surface area (Å²) in [6.45, 7) is 6.79. The minimum absolute atomic E-state index is 0.0367. The van der Waals surface area contributed by atoms with Gasteiger partial charge in [-0.05, 0) is 26.7 Å². The van der Waals surface area contributed by atoms with Crippen LogP contribution in [-0.2, 0) is 0 Å². The molecule has 1 aliphatic carbocycles. The van der Waals surface area contributed by atoms with E-state index in [1.807, 2.05) is 19.9 Å². The summed E-state index contributed by atoms with van der Waals surface area (Å²) in [6.07, 6.45) is 4.13. The van der Waals surface area contributed by atoms with Crippen LogP contribution in [0.5, 0.6) is 0 Å². The molecule has 1 aromatic rings. The molecule has 2 N–H and O–H groups in total. The van der Waals surface area contributed by atoms with Crippen LogP contribution in [0.15, 0.2) is 6.07 Å². The predicted octanol–water partition coefficient (Wildman–Crippen LogP) is 2.45. The summed E-state index contributed by atoms with van der Waals surface area (Å²) in [7, 11) is 0. The van der Waals surface area contributed by atoms with E-state index in [-0.39, 0.29) is 11.5 Å². The van der Waals surface area contributed by atoms with Crippen LogP contribution in [0.3, 0.4) is 0 Å². The molecule has 0 aliphatic heterocycles. The van der Waals surface area contributed by atoms with Gasteiger partial charge in [-0.25, -0.2) is 9.97 Å². The Balaban J connectivity index is 2.01. The van der Waals surface area contributed by atoms with Crippen LogP contribution in [-0.4, -0.2) is 27.7 Å². The van der Waals surface area contributed by atoms with Crippen molar-refractivity contribution in [2.45, 2.75) is 52.6 Å². The van der Waals surface area contributed by atoms with Crippen LogP contribution in [0.4, 0.5) is 5.82 Å². The van der Waals surface area contributed by atoms with E-state index in [0.717, 1.165) is 43.1 Å². The van der Waals surface area contributed by atoms with Crippen molar-refractivity contribution < 1.29 is 5.11 Å². The molecule has 2 atom stereocenters. The quantitative estimate of drug-likeness (QED) is 0.864. The molecule has 1 saturated carbocycles. The molecule has 100 valence electrons. The first-order chi connectivity index (χ1) is 8.49. The van der Waals surface area contributed by atoms with Gasteiger partial charge in [0.1, 0.15) is 11.6 Å². The lowest BCUT2D eigenvalue weighted by Gasteiger charge is -2.38. The Kier molecular flexibility index (Phi) is 3.85. The van der Waals surface area contributed by atoms with Crippen molar-refractivity contribution in [1.29, 1.82) is 0 Å². The number of aryl methyl sites for hydroxylation is 2. The molecule has 0 aromatic carbocycles. The number of hydrogen-bond donors (Lipinski definition) is 2. The van der Waals surface area contributed by atoms with Gasteiger partial charge < -0.3 is 10.4 Å². The molecule has 1 fully saturated rings. The molecule has 4 heteroatoms. The SMILES string of the molecule is Cc1cc(NCC2(C)CCCCC2O)nc(C)n1. The van der Waals surface area contributed by atoms with Crippen LogP contribution in [0.25, 0.3) is 0 Å². The number of rotatable bonds is 3. The summed E-state index contributed by atoms with van der Waals surface area (Å²) < 4.78 is 0. The number of anilines is 1. The standard InChI is InChI=1S/C14H23N3O/c1-10-8-13(17-11(2)16-10)15-9-14(3)7-5-4-6-12(14)18/h8,12,18H,4-7,9H2,1-3H3,(H,15,16,17). The Morgan fingerprint density at radius 3 is 2.83 bits per heavy atom. The molecule has 0 amide bonds. The van der Waals surface area contributed by atoms with E-state index in [1.165, 1.54) is 6.42 Å². The lowest BCUT2D eigenvalue weighted by atomic mass is 9.73. The van der Waals surface area contributed by atoms with Gasteiger partial charge in [0.25, 0.3) is 0 Å². The van der Waals surface area contributed by atoms with Gasteiger partial charge in [0, 0.05) is 23.7 Å². The van der Waals surface area contributed by atoms with Gasteiger partial charge in [0.05, 0.1) is 6.10 Å². The van der Waals surface area contributed by atoms with Crippen molar-refractivity contribution in [3.63, 3.8) is 0 Å². The molecule has 0 spiro atoms. The second-order valence-corrected chi connectivity index (χ2v) is 5.71. The molecule has 0 radical (unpaired) electrons. The molecular weight excluding hydrogens is 226 g/mol. The highest BCUT2D eigenvalue weighted by Gasteiger charge is 2.35. The highest BCUT2D eigenvalue weighted by Crippen LogP contribution is 2.36. The van der Waals surface area contributed by atoms with E-state index in [9.17, 15) is 5.11 Å². The lowest BCUT2D eigenvalue weighted by molar-refractivity contribution is 0.00958. The summed E-state index contributed by atoms with van der Waals surface area (Å²) in [5.41, 5.74) is 0.935. The fourth-order valence-electron chi connectivity index (χ4n) is 2.69. The summed E-state index contributed by atoms with van der Waals surface area (Å²) >= 11 is 0. The number of nitrogens with one attached hydrogen (secondary N) is 1. The number of nitrogens with zero attached hydrogens (tertiary/aromatic N) is 2. The number of aliphatic hydroxyl groups excluding tert-OH is 1. The molecule has 1 heterocycles. The third-order valence-corrected chi connectivity index (χ3v) is 3.92.